The van der Waals surface area contributed by atoms with E-state index in [-0.39, 0.29) is 18.5 Å². The summed E-state index contributed by atoms with van der Waals surface area (Å²) in [5.74, 6) is -2.70. The Hall–Kier alpha value is -1.98. The van der Waals surface area contributed by atoms with Crippen molar-refractivity contribution in [2.45, 2.75) is 12.1 Å². The normalized spacial score (nSPS) is 23.1. The fourth-order valence-corrected chi connectivity index (χ4v) is 1.92. The molecule has 0 aromatic heterocycles. The van der Waals surface area contributed by atoms with Gasteiger partial charge in [0.2, 0.25) is 5.67 Å². The van der Waals surface area contributed by atoms with Crippen LogP contribution in [0, 0.1) is 5.82 Å². The van der Waals surface area contributed by atoms with Crippen LogP contribution in [0.5, 0.6) is 0 Å². The van der Waals surface area contributed by atoms with Gasteiger partial charge in [-0.25, -0.2) is 13.6 Å². The van der Waals surface area contributed by atoms with Gasteiger partial charge in [-0.05, 0) is 18.2 Å². The number of alkyl halides is 1. The quantitative estimate of drug-likeness (QED) is 0.870. The fraction of sp³-hybridized carbons (Fsp3) is 0.333. The van der Waals surface area contributed by atoms with Crippen molar-refractivity contribution in [1.29, 1.82) is 0 Å². The Bertz CT molecular complexity index is 506. The number of aliphatic carboxylic acids is 1. The highest BCUT2D eigenvalue weighted by Crippen LogP contribution is 2.27. The molecule has 1 aromatic carbocycles. The smallest absolute Gasteiger partial charge is 0.343 e. The lowest BCUT2D eigenvalue weighted by molar-refractivity contribution is -0.149. The molecule has 18 heavy (non-hydrogen) atoms. The van der Waals surface area contributed by atoms with Crippen LogP contribution in [0.4, 0.5) is 8.78 Å². The molecule has 96 valence electrons. The Morgan fingerprint density at radius 3 is 2.67 bits per heavy atom. The van der Waals surface area contributed by atoms with Crippen molar-refractivity contribution in [2.24, 2.45) is 0 Å². The summed E-state index contributed by atoms with van der Waals surface area (Å²) in [5, 5.41) is 8.71. The zero-order valence-corrected chi connectivity index (χ0v) is 9.40. The summed E-state index contributed by atoms with van der Waals surface area (Å²) in [5.41, 5.74) is -2.31. The second-order valence-corrected chi connectivity index (χ2v) is 4.26. The summed E-state index contributed by atoms with van der Waals surface area (Å²) < 4.78 is 26.7. The second-order valence-electron chi connectivity index (χ2n) is 4.26. The van der Waals surface area contributed by atoms with Crippen LogP contribution in [0.25, 0.3) is 0 Å². The number of carbonyl (C=O) groups is 2. The molecule has 1 atom stereocenters. The zero-order valence-electron chi connectivity index (χ0n) is 9.40. The number of carbonyl (C=O) groups excluding carboxylic acids is 1. The minimum Gasteiger partial charge on any atom is -0.479 e. The maximum Gasteiger partial charge on any atom is 0.343 e. The minimum atomic E-state index is -2.40. The first kappa shape index (κ1) is 12.5. The molecular weight excluding hydrogens is 244 g/mol. The summed E-state index contributed by atoms with van der Waals surface area (Å²) >= 11 is 0. The number of carboxylic acid groups (broad SMARTS) is 1. The van der Waals surface area contributed by atoms with Crippen LogP contribution >= 0.6 is 0 Å². The molecule has 1 aromatic rings. The number of likely N-dealkylation sites (tertiary alicyclic amines) is 1. The van der Waals surface area contributed by atoms with Gasteiger partial charge in [-0.2, -0.15) is 0 Å². The van der Waals surface area contributed by atoms with Crippen LogP contribution in [0.15, 0.2) is 24.3 Å². The molecule has 0 aliphatic carbocycles. The summed E-state index contributed by atoms with van der Waals surface area (Å²) in [7, 11) is 0. The molecule has 1 N–H and O–H groups in total. The Kier molecular flexibility index (Phi) is 3.02. The molecule has 1 heterocycles. The summed E-state index contributed by atoms with van der Waals surface area (Å²) in [6, 6.07) is 5.02. The molecule has 1 amide bonds. The maximum absolute atomic E-state index is 13.8. The van der Waals surface area contributed by atoms with Crippen molar-refractivity contribution in [3.05, 3.63) is 35.6 Å². The Balaban J connectivity index is 2.15. The number of rotatable bonds is 2. The molecule has 1 saturated heterocycles. The van der Waals surface area contributed by atoms with Gasteiger partial charge in [-0.1, -0.05) is 6.07 Å². The molecule has 4 nitrogen and oxygen atoms in total. The predicted molar refractivity (Wildman–Crippen MR) is 58.4 cm³/mol. The molecule has 0 radical (unpaired) electrons. The van der Waals surface area contributed by atoms with Gasteiger partial charge >= 0.3 is 5.97 Å². The highest BCUT2D eigenvalue weighted by molar-refractivity contribution is 5.95. The number of amides is 1. The SMILES string of the molecule is O=C(c1cccc(F)c1)N1CCC(F)(C(=O)O)C1. The summed E-state index contributed by atoms with van der Waals surface area (Å²) in [6.45, 7) is -0.490. The third kappa shape index (κ3) is 2.18. The summed E-state index contributed by atoms with van der Waals surface area (Å²) in [6.07, 6.45) is -0.247. The first-order valence-corrected chi connectivity index (χ1v) is 5.39. The van der Waals surface area contributed by atoms with Crippen LogP contribution in [0.2, 0.25) is 0 Å². The molecule has 0 spiro atoms. The van der Waals surface area contributed by atoms with Crippen molar-refractivity contribution in [2.75, 3.05) is 13.1 Å². The lowest BCUT2D eigenvalue weighted by atomic mass is 10.1. The van der Waals surface area contributed by atoms with E-state index in [1.54, 1.807) is 0 Å². The number of hydrogen-bond donors (Lipinski definition) is 1. The molecule has 1 fully saturated rings. The van der Waals surface area contributed by atoms with E-state index >= 15 is 0 Å². The number of carboxylic acids is 1. The van der Waals surface area contributed by atoms with Gasteiger partial charge in [0.05, 0.1) is 6.54 Å². The maximum atomic E-state index is 13.8. The first-order valence-electron chi connectivity index (χ1n) is 5.39. The van der Waals surface area contributed by atoms with Crippen LogP contribution in [0.1, 0.15) is 16.8 Å². The average Bonchev–Trinajstić information content (AvgIpc) is 2.72. The van der Waals surface area contributed by atoms with E-state index in [0.717, 1.165) is 11.0 Å². The highest BCUT2D eigenvalue weighted by Gasteiger charge is 2.46. The molecule has 1 aliphatic rings. The second kappa shape index (κ2) is 4.36. The van der Waals surface area contributed by atoms with E-state index in [9.17, 15) is 18.4 Å². The van der Waals surface area contributed by atoms with Gasteiger partial charge in [-0.3, -0.25) is 4.79 Å². The highest BCUT2D eigenvalue weighted by atomic mass is 19.1. The third-order valence-corrected chi connectivity index (χ3v) is 2.96. The van der Waals surface area contributed by atoms with Gasteiger partial charge in [-0.15, -0.1) is 0 Å². The van der Waals surface area contributed by atoms with Gasteiger partial charge in [0.1, 0.15) is 5.82 Å². The van der Waals surface area contributed by atoms with E-state index in [1.165, 1.54) is 18.2 Å². The van der Waals surface area contributed by atoms with Crippen molar-refractivity contribution < 1.29 is 23.5 Å². The van der Waals surface area contributed by atoms with Crippen LogP contribution in [0.3, 0.4) is 0 Å². The predicted octanol–water partition coefficient (Wildman–Crippen LogP) is 1.46. The van der Waals surface area contributed by atoms with Gasteiger partial charge in [0.15, 0.2) is 0 Å². The number of nitrogens with zero attached hydrogens (tertiary/aromatic N) is 1. The van der Waals surface area contributed by atoms with Crippen molar-refractivity contribution >= 4 is 11.9 Å². The zero-order chi connectivity index (χ0) is 13.3. The number of hydrogen-bond acceptors (Lipinski definition) is 2. The number of halogens is 2. The molecule has 1 aliphatic heterocycles. The van der Waals surface area contributed by atoms with Crippen molar-refractivity contribution in [3.63, 3.8) is 0 Å². The van der Waals surface area contributed by atoms with E-state index in [4.69, 9.17) is 5.11 Å². The largest absolute Gasteiger partial charge is 0.479 e. The monoisotopic (exact) mass is 255 g/mol. The van der Waals surface area contributed by atoms with E-state index < -0.39 is 29.9 Å². The molecule has 2 rings (SSSR count). The standard InChI is InChI=1S/C12H11F2NO3/c13-9-3-1-2-8(6-9)10(16)15-5-4-12(14,7-15)11(17)18/h1-3,6H,4-5,7H2,(H,17,18). The summed E-state index contributed by atoms with van der Waals surface area (Å²) in [4.78, 5) is 23.7. The Labute approximate surface area is 102 Å². The average molecular weight is 255 g/mol. The molecule has 0 saturated carbocycles. The van der Waals surface area contributed by atoms with E-state index in [0.29, 0.717) is 0 Å². The lowest BCUT2D eigenvalue weighted by Gasteiger charge is -2.17. The van der Waals surface area contributed by atoms with Gasteiger partial charge in [0.25, 0.3) is 5.91 Å². The molecule has 1 unspecified atom stereocenters. The van der Waals surface area contributed by atoms with E-state index in [2.05, 4.69) is 0 Å². The minimum absolute atomic E-state index is 0.0121. The third-order valence-electron chi connectivity index (χ3n) is 2.96. The van der Waals surface area contributed by atoms with Crippen LogP contribution in [-0.2, 0) is 4.79 Å². The van der Waals surface area contributed by atoms with E-state index in [1.807, 2.05) is 0 Å². The molecule has 0 bridgehead atoms. The van der Waals surface area contributed by atoms with Crippen molar-refractivity contribution in [3.8, 4) is 0 Å². The number of benzene rings is 1. The van der Waals surface area contributed by atoms with Crippen LogP contribution < -0.4 is 0 Å². The fourth-order valence-electron chi connectivity index (χ4n) is 1.92. The first-order chi connectivity index (χ1) is 8.42. The Morgan fingerprint density at radius 2 is 2.11 bits per heavy atom. The van der Waals surface area contributed by atoms with Crippen molar-refractivity contribution in [1.82, 2.24) is 4.90 Å². The van der Waals surface area contributed by atoms with Crippen LogP contribution in [-0.4, -0.2) is 40.6 Å². The van der Waals surface area contributed by atoms with Gasteiger partial charge < -0.3 is 10.0 Å². The molecule has 6 heteroatoms. The van der Waals surface area contributed by atoms with Gasteiger partial charge in [0, 0.05) is 18.5 Å². The lowest BCUT2D eigenvalue weighted by Crippen LogP contribution is -2.38. The topological polar surface area (TPSA) is 57.6 Å². The molecular formula is C12H11F2NO3. The Morgan fingerprint density at radius 1 is 1.39 bits per heavy atom.